The van der Waals surface area contributed by atoms with Gasteiger partial charge in [-0.2, -0.15) is 0 Å². The molecule has 0 spiro atoms. The molecule has 1 aromatic heterocycles. The van der Waals surface area contributed by atoms with E-state index in [0.717, 1.165) is 17.7 Å². The number of rotatable bonds is 3. The fourth-order valence-corrected chi connectivity index (χ4v) is 1.12. The molecule has 2 atom stereocenters. The van der Waals surface area contributed by atoms with E-state index in [-0.39, 0.29) is 6.04 Å². The molecule has 0 aromatic carbocycles. The van der Waals surface area contributed by atoms with Gasteiger partial charge < -0.3 is 10.8 Å². The monoisotopic (exact) mass is 180 g/mol. The van der Waals surface area contributed by atoms with Gasteiger partial charge in [-0.1, -0.05) is 13.0 Å². The second-order valence-corrected chi connectivity index (χ2v) is 3.24. The van der Waals surface area contributed by atoms with Gasteiger partial charge in [0, 0.05) is 23.5 Å². The quantitative estimate of drug-likeness (QED) is 0.730. The predicted octanol–water partition coefficient (Wildman–Crippen LogP) is 1.02. The van der Waals surface area contributed by atoms with Gasteiger partial charge in [0.05, 0.1) is 6.10 Å². The maximum atomic E-state index is 9.60. The molecule has 72 valence electrons. The normalized spacial score (nSPS) is 15.4. The summed E-state index contributed by atoms with van der Waals surface area (Å²) in [4.78, 5) is 4.19. The van der Waals surface area contributed by atoms with E-state index in [2.05, 4.69) is 4.98 Å². The van der Waals surface area contributed by atoms with Crippen molar-refractivity contribution in [1.29, 1.82) is 0 Å². The maximum absolute atomic E-state index is 9.60. The summed E-state index contributed by atoms with van der Waals surface area (Å²) in [7, 11) is 0. The lowest BCUT2D eigenvalue weighted by atomic mass is 10.1. The second-order valence-electron chi connectivity index (χ2n) is 3.24. The summed E-state index contributed by atoms with van der Waals surface area (Å²) in [5.41, 5.74) is 7.37. The Morgan fingerprint density at radius 3 is 2.62 bits per heavy atom. The van der Waals surface area contributed by atoms with Crippen molar-refractivity contribution >= 4 is 0 Å². The molecule has 13 heavy (non-hydrogen) atoms. The minimum Gasteiger partial charge on any atom is -0.387 e. The van der Waals surface area contributed by atoms with Gasteiger partial charge in [0.2, 0.25) is 0 Å². The third kappa shape index (κ3) is 2.50. The average Bonchev–Trinajstić information content (AvgIpc) is 2.17. The topological polar surface area (TPSA) is 59.1 Å². The number of aromatic nitrogens is 1. The fraction of sp³-hybridized carbons (Fsp3) is 0.500. The van der Waals surface area contributed by atoms with Gasteiger partial charge >= 0.3 is 0 Å². The molecule has 0 aliphatic heterocycles. The van der Waals surface area contributed by atoms with Crippen LogP contribution < -0.4 is 5.73 Å². The van der Waals surface area contributed by atoms with Crippen LogP contribution in [-0.2, 0) is 6.42 Å². The number of aliphatic hydroxyl groups excluding tert-OH is 1. The zero-order valence-electron chi connectivity index (χ0n) is 8.07. The van der Waals surface area contributed by atoms with Crippen LogP contribution in [0.25, 0.3) is 0 Å². The van der Waals surface area contributed by atoms with E-state index >= 15 is 0 Å². The molecular formula is C10H16N2O. The largest absolute Gasteiger partial charge is 0.387 e. The first-order valence-corrected chi connectivity index (χ1v) is 4.53. The minimum atomic E-state index is -0.613. The minimum absolute atomic E-state index is 0.255. The Morgan fingerprint density at radius 2 is 2.23 bits per heavy atom. The molecule has 0 saturated carbocycles. The van der Waals surface area contributed by atoms with Crippen molar-refractivity contribution in [2.45, 2.75) is 32.4 Å². The number of hydrogen-bond acceptors (Lipinski definition) is 3. The number of hydrogen-bond donors (Lipinski definition) is 2. The van der Waals surface area contributed by atoms with E-state index in [9.17, 15) is 5.11 Å². The molecule has 1 aromatic rings. The van der Waals surface area contributed by atoms with Crippen molar-refractivity contribution < 1.29 is 5.11 Å². The Morgan fingerprint density at radius 1 is 1.54 bits per heavy atom. The Bertz CT molecular complexity index is 256. The highest BCUT2D eigenvalue weighted by atomic mass is 16.3. The third-order valence-corrected chi connectivity index (χ3v) is 2.05. The highest BCUT2D eigenvalue weighted by Crippen LogP contribution is 2.14. The number of pyridine rings is 1. The maximum Gasteiger partial charge on any atom is 0.0952 e. The van der Waals surface area contributed by atoms with Crippen LogP contribution in [0.5, 0.6) is 0 Å². The molecule has 3 heteroatoms. The van der Waals surface area contributed by atoms with Gasteiger partial charge in [-0.15, -0.1) is 0 Å². The summed E-state index contributed by atoms with van der Waals surface area (Å²) in [6, 6.07) is 3.54. The van der Waals surface area contributed by atoms with Gasteiger partial charge in [-0.3, -0.25) is 4.98 Å². The second kappa shape index (κ2) is 4.35. The molecule has 0 fully saturated rings. The number of aryl methyl sites for hydroxylation is 1. The van der Waals surface area contributed by atoms with Crippen molar-refractivity contribution in [3.63, 3.8) is 0 Å². The molecule has 0 bridgehead atoms. The van der Waals surface area contributed by atoms with Crippen LogP contribution in [0.2, 0.25) is 0 Å². The summed E-state index contributed by atoms with van der Waals surface area (Å²) in [5.74, 6) is 0. The van der Waals surface area contributed by atoms with Crippen LogP contribution in [0, 0.1) is 0 Å². The molecule has 1 rings (SSSR count). The Labute approximate surface area is 78.6 Å². The first kappa shape index (κ1) is 10.2. The summed E-state index contributed by atoms with van der Waals surface area (Å²) in [5, 5.41) is 9.60. The van der Waals surface area contributed by atoms with E-state index in [1.54, 1.807) is 13.1 Å². The van der Waals surface area contributed by atoms with Crippen LogP contribution in [0.3, 0.4) is 0 Å². The lowest BCUT2D eigenvalue weighted by molar-refractivity contribution is 0.153. The van der Waals surface area contributed by atoms with Crippen molar-refractivity contribution in [1.82, 2.24) is 4.98 Å². The highest BCUT2D eigenvalue weighted by Gasteiger charge is 2.11. The van der Waals surface area contributed by atoms with Gasteiger partial charge in [0.15, 0.2) is 0 Å². The molecule has 3 nitrogen and oxygen atoms in total. The van der Waals surface area contributed by atoms with Crippen LogP contribution in [0.15, 0.2) is 18.3 Å². The zero-order chi connectivity index (χ0) is 9.84. The third-order valence-electron chi connectivity index (χ3n) is 2.05. The SMILES string of the molecule is CCc1ccc(C(O)C(C)N)cn1. The average molecular weight is 180 g/mol. The number of aliphatic hydroxyl groups is 1. The van der Waals surface area contributed by atoms with Crippen molar-refractivity contribution in [2.75, 3.05) is 0 Å². The molecule has 0 amide bonds. The van der Waals surface area contributed by atoms with Crippen molar-refractivity contribution in [3.8, 4) is 0 Å². The first-order chi connectivity index (χ1) is 6.15. The number of nitrogens with two attached hydrogens (primary N) is 1. The van der Waals surface area contributed by atoms with Gasteiger partial charge in [-0.25, -0.2) is 0 Å². The molecular weight excluding hydrogens is 164 g/mol. The van der Waals surface area contributed by atoms with E-state index in [1.165, 1.54) is 0 Å². The standard InChI is InChI=1S/C10H16N2O/c1-3-9-5-4-8(6-12-9)10(13)7(2)11/h4-7,10,13H,3,11H2,1-2H3. The predicted molar refractivity (Wildman–Crippen MR) is 52.2 cm³/mol. The van der Waals surface area contributed by atoms with E-state index in [4.69, 9.17) is 5.73 Å². The number of nitrogens with zero attached hydrogens (tertiary/aromatic N) is 1. The van der Waals surface area contributed by atoms with E-state index < -0.39 is 6.10 Å². The van der Waals surface area contributed by atoms with Crippen LogP contribution >= 0.6 is 0 Å². The lowest BCUT2D eigenvalue weighted by Crippen LogP contribution is -2.24. The van der Waals surface area contributed by atoms with Crippen molar-refractivity contribution in [3.05, 3.63) is 29.6 Å². The summed E-state index contributed by atoms with van der Waals surface area (Å²) < 4.78 is 0. The van der Waals surface area contributed by atoms with E-state index in [1.807, 2.05) is 19.1 Å². The molecule has 0 aliphatic carbocycles. The van der Waals surface area contributed by atoms with Gasteiger partial charge in [-0.05, 0) is 19.4 Å². The van der Waals surface area contributed by atoms with Crippen LogP contribution in [-0.4, -0.2) is 16.1 Å². The van der Waals surface area contributed by atoms with Crippen LogP contribution in [0.4, 0.5) is 0 Å². The Kier molecular flexibility index (Phi) is 3.39. The molecule has 0 aliphatic rings. The molecule has 3 N–H and O–H groups in total. The first-order valence-electron chi connectivity index (χ1n) is 4.53. The van der Waals surface area contributed by atoms with Gasteiger partial charge in [0.1, 0.15) is 0 Å². The Balaban J connectivity index is 2.79. The van der Waals surface area contributed by atoms with Crippen molar-refractivity contribution in [2.24, 2.45) is 5.73 Å². The molecule has 1 heterocycles. The fourth-order valence-electron chi connectivity index (χ4n) is 1.12. The van der Waals surface area contributed by atoms with Crippen LogP contribution in [0.1, 0.15) is 31.2 Å². The zero-order valence-corrected chi connectivity index (χ0v) is 8.07. The lowest BCUT2D eigenvalue weighted by Gasteiger charge is -2.14. The molecule has 0 saturated heterocycles. The summed E-state index contributed by atoms with van der Waals surface area (Å²) in [6.07, 6.45) is 1.99. The highest BCUT2D eigenvalue weighted by molar-refractivity contribution is 5.17. The summed E-state index contributed by atoms with van der Waals surface area (Å²) in [6.45, 7) is 3.82. The van der Waals surface area contributed by atoms with E-state index in [0.29, 0.717) is 0 Å². The van der Waals surface area contributed by atoms with Gasteiger partial charge in [0.25, 0.3) is 0 Å². The molecule has 2 unspecified atom stereocenters. The smallest absolute Gasteiger partial charge is 0.0952 e. The molecule has 0 radical (unpaired) electrons. The Hall–Kier alpha value is -0.930. The summed E-state index contributed by atoms with van der Waals surface area (Å²) >= 11 is 0.